The molecule has 0 aliphatic carbocycles. The molecule has 3 heterocycles. The molecule has 0 saturated carbocycles. The number of anilines is 1. The van der Waals surface area contributed by atoms with Crippen LogP contribution in [-0.4, -0.2) is 48.2 Å². The Balaban J connectivity index is 1.66. The summed E-state index contributed by atoms with van der Waals surface area (Å²) in [6.45, 7) is 1.82. The van der Waals surface area contributed by atoms with Gasteiger partial charge in [0, 0.05) is 11.2 Å². The number of aliphatic hydroxyl groups is 3. The van der Waals surface area contributed by atoms with Crippen LogP contribution in [0.3, 0.4) is 0 Å². The SMILES string of the molecule is Cc1cc([C@@H](O)[C@H]2O[C@@H](n3ccc4c(N)ncnc43)[C@H](O)[C@@H]2O)ccc1Cl. The Morgan fingerprint density at radius 1 is 1.22 bits per heavy atom. The van der Waals surface area contributed by atoms with E-state index in [4.69, 9.17) is 22.1 Å². The lowest BCUT2D eigenvalue weighted by atomic mass is 9.98. The van der Waals surface area contributed by atoms with Gasteiger partial charge in [0.2, 0.25) is 0 Å². The lowest BCUT2D eigenvalue weighted by molar-refractivity contribution is -0.0848. The van der Waals surface area contributed by atoms with Crippen LogP contribution >= 0.6 is 11.6 Å². The van der Waals surface area contributed by atoms with Gasteiger partial charge in [-0.1, -0.05) is 23.7 Å². The van der Waals surface area contributed by atoms with Crippen molar-refractivity contribution in [2.45, 2.75) is 37.6 Å². The summed E-state index contributed by atoms with van der Waals surface area (Å²) in [7, 11) is 0. The van der Waals surface area contributed by atoms with Crippen LogP contribution in [0.2, 0.25) is 5.02 Å². The molecule has 0 spiro atoms. The molecule has 2 aromatic heterocycles. The minimum absolute atomic E-state index is 0.306. The molecule has 4 rings (SSSR count). The van der Waals surface area contributed by atoms with Crippen LogP contribution in [0, 0.1) is 6.92 Å². The fraction of sp³-hybridized carbons (Fsp3) is 0.333. The summed E-state index contributed by atoms with van der Waals surface area (Å²) >= 11 is 6.03. The third kappa shape index (κ3) is 2.95. The second-order valence-corrected chi connectivity index (χ2v) is 7.05. The normalized spacial score (nSPS) is 26.6. The Bertz CT molecular complexity index is 995. The van der Waals surface area contributed by atoms with E-state index in [9.17, 15) is 15.3 Å². The number of ether oxygens (including phenoxy) is 1. The van der Waals surface area contributed by atoms with Gasteiger partial charge in [0.15, 0.2) is 6.23 Å². The number of aliphatic hydroxyl groups excluding tert-OH is 3. The highest BCUT2D eigenvalue weighted by atomic mass is 35.5. The highest BCUT2D eigenvalue weighted by Crippen LogP contribution is 2.38. The molecule has 3 aromatic rings. The number of nitrogens with two attached hydrogens (primary N) is 1. The van der Waals surface area contributed by atoms with E-state index in [1.807, 2.05) is 6.92 Å². The van der Waals surface area contributed by atoms with E-state index >= 15 is 0 Å². The van der Waals surface area contributed by atoms with E-state index in [0.717, 1.165) is 5.56 Å². The average molecular weight is 391 g/mol. The van der Waals surface area contributed by atoms with Crippen molar-refractivity contribution in [3.8, 4) is 0 Å². The Labute approximate surface area is 159 Å². The Morgan fingerprint density at radius 2 is 2.00 bits per heavy atom. The van der Waals surface area contributed by atoms with E-state index in [2.05, 4.69) is 9.97 Å². The number of hydrogen-bond donors (Lipinski definition) is 4. The van der Waals surface area contributed by atoms with Crippen LogP contribution in [0.1, 0.15) is 23.5 Å². The quantitative estimate of drug-likeness (QED) is 0.531. The number of aryl methyl sites for hydroxylation is 1. The van der Waals surface area contributed by atoms with E-state index < -0.39 is 30.6 Å². The van der Waals surface area contributed by atoms with Crippen molar-refractivity contribution in [2.24, 2.45) is 0 Å². The number of rotatable bonds is 3. The summed E-state index contributed by atoms with van der Waals surface area (Å²) in [5.41, 5.74) is 7.64. The first kappa shape index (κ1) is 18.1. The van der Waals surface area contributed by atoms with Crippen molar-refractivity contribution in [3.63, 3.8) is 0 Å². The number of hydrogen-bond acceptors (Lipinski definition) is 7. The van der Waals surface area contributed by atoms with E-state index in [1.54, 1.807) is 35.0 Å². The van der Waals surface area contributed by atoms with Crippen molar-refractivity contribution in [1.82, 2.24) is 14.5 Å². The van der Waals surface area contributed by atoms with Gasteiger partial charge in [-0.2, -0.15) is 0 Å². The topological polar surface area (TPSA) is 127 Å². The average Bonchev–Trinajstić information content (AvgIpc) is 3.20. The van der Waals surface area contributed by atoms with Gasteiger partial charge in [0.1, 0.15) is 42.2 Å². The summed E-state index contributed by atoms with van der Waals surface area (Å²) in [5, 5.41) is 32.9. The van der Waals surface area contributed by atoms with Crippen LogP contribution in [0.5, 0.6) is 0 Å². The molecule has 27 heavy (non-hydrogen) atoms. The standard InChI is InChI=1S/C18H19ClN4O4/c1-8-6-9(2-3-11(8)19)12(24)15-13(25)14(26)18(27-15)23-5-4-10-16(20)21-7-22-17(10)23/h2-7,12-15,18,24-26H,1H3,(H2,20,21,22)/t12-,13+,14-,15-,18-/m1/s1. The fourth-order valence-electron chi connectivity index (χ4n) is 3.41. The summed E-state index contributed by atoms with van der Waals surface area (Å²) in [6.07, 6.45) is -2.69. The summed E-state index contributed by atoms with van der Waals surface area (Å²) < 4.78 is 7.41. The number of fused-ring (bicyclic) bond motifs is 1. The summed E-state index contributed by atoms with van der Waals surface area (Å²) in [6, 6.07) is 6.76. The molecule has 1 aliphatic rings. The number of halogens is 1. The molecule has 1 aromatic carbocycles. The highest BCUT2D eigenvalue weighted by molar-refractivity contribution is 6.31. The number of aromatic nitrogens is 3. The molecular weight excluding hydrogens is 372 g/mol. The molecule has 8 nitrogen and oxygen atoms in total. The predicted octanol–water partition coefficient (Wildman–Crippen LogP) is 1.33. The van der Waals surface area contributed by atoms with E-state index in [1.165, 1.54) is 6.33 Å². The van der Waals surface area contributed by atoms with Crippen LogP contribution in [0.15, 0.2) is 36.8 Å². The maximum Gasteiger partial charge on any atom is 0.164 e. The molecule has 1 saturated heterocycles. The molecule has 142 valence electrons. The fourth-order valence-corrected chi connectivity index (χ4v) is 3.53. The monoisotopic (exact) mass is 390 g/mol. The molecule has 9 heteroatoms. The zero-order valence-corrected chi connectivity index (χ0v) is 15.2. The molecule has 0 unspecified atom stereocenters. The van der Waals surface area contributed by atoms with Crippen molar-refractivity contribution in [2.75, 3.05) is 5.73 Å². The van der Waals surface area contributed by atoms with E-state index in [0.29, 0.717) is 27.4 Å². The Kier molecular flexibility index (Phi) is 4.53. The Morgan fingerprint density at radius 3 is 2.74 bits per heavy atom. The van der Waals surface area contributed by atoms with Gasteiger partial charge in [-0.05, 0) is 30.2 Å². The first-order valence-electron chi connectivity index (χ1n) is 8.41. The molecule has 5 N–H and O–H groups in total. The zero-order chi connectivity index (χ0) is 19.3. The lowest BCUT2D eigenvalue weighted by Crippen LogP contribution is -2.34. The van der Waals surface area contributed by atoms with Gasteiger partial charge >= 0.3 is 0 Å². The number of nitrogen functional groups attached to an aromatic ring is 1. The van der Waals surface area contributed by atoms with Crippen LogP contribution in [0.25, 0.3) is 11.0 Å². The second-order valence-electron chi connectivity index (χ2n) is 6.65. The summed E-state index contributed by atoms with van der Waals surface area (Å²) in [4.78, 5) is 8.11. The molecule has 1 fully saturated rings. The summed E-state index contributed by atoms with van der Waals surface area (Å²) in [5.74, 6) is 0.306. The zero-order valence-electron chi connectivity index (χ0n) is 14.4. The predicted molar refractivity (Wildman–Crippen MR) is 99.0 cm³/mol. The largest absolute Gasteiger partial charge is 0.387 e. The highest BCUT2D eigenvalue weighted by Gasteiger charge is 2.47. The van der Waals surface area contributed by atoms with Crippen LogP contribution in [-0.2, 0) is 4.74 Å². The van der Waals surface area contributed by atoms with Gasteiger partial charge in [0.05, 0.1) is 5.39 Å². The minimum Gasteiger partial charge on any atom is -0.387 e. The molecule has 0 radical (unpaired) electrons. The van der Waals surface area contributed by atoms with Crippen molar-refractivity contribution < 1.29 is 20.1 Å². The van der Waals surface area contributed by atoms with Gasteiger partial charge in [-0.25, -0.2) is 9.97 Å². The third-order valence-electron chi connectivity index (χ3n) is 4.92. The van der Waals surface area contributed by atoms with Crippen molar-refractivity contribution in [1.29, 1.82) is 0 Å². The minimum atomic E-state index is -1.29. The molecule has 0 bridgehead atoms. The molecule has 1 aliphatic heterocycles. The number of benzene rings is 1. The van der Waals surface area contributed by atoms with Crippen LogP contribution < -0.4 is 5.73 Å². The third-order valence-corrected chi connectivity index (χ3v) is 5.35. The maximum absolute atomic E-state index is 10.7. The van der Waals surface area contributed by atoms with Gasteiger partial charge in [0.25, 0.3) is 0 Å². The van der Waals surface area contributed by atoms with Crippen molar-refractivity contribution >= 4 is 28.5 Å². The first-order chi connectivity index (χ1) is 12.9. The van der Waals surface area contributed by atoms with E-state index in [-0.39, 0.29) is 0 Å². The molecular formula is C18H19ClN4O4. The van der Waals surface area contributed by atoms with Crippen LogP contribution in [0.4, 0.5) is 5.82 Å². The molecule has 5 atom stereocenters. The van der Waals surface area contributed by atoms with Gasteiger partial charge in [-0.15, -0.1) is 0 Å². The Hall–Kier alpha value is -2.23. The lowest BCUT2D eigenvalue weighted by Gasteiger charge is -2.22. The van der Waals surface area contributed by atoms with Gasteiger partial charge in [-0.3, -0.25) is 0 Å². The van der Waals surface area contributed by atoms with Gasteiger partial charge < -0.3 is 30.4 Å². The smallest absolute Gasteiger partial charge is 0.164 e. The molecule has 0 amide bonds. The number of nitrogens with zero attached hydrogens (tertiary/aromatic N) is 3. The maximum atomic E-state index is 10.7. The van der Waals surface area contributed by atoms with Crippen molar-refractivity contribution in [3.05, 3.63) is 52.9 Å². The first-order valence-corrected chi connectivity index (χ1v) is 8.79. The second kappa shape index (κ2) is 6.74.